The van der Waals surface area contributed by atoms with Crippen molar-refractivity contribution in [2.45, 2.75) is 63.9 Å². The van der Waals surface area contributed by atoms with E-state index in [0.29, 0.717) is 30.2 Å². The Hall–Kier alpha value is -0.920. The van der Waals surface area contributed by atoms with Gasteiger partial charge < -0.3 is 5.73 Å². The Morgan fingerprint density at radius 2 is 2.05 bits per heavy atom. The molecule has 1 fully saturated rings. The Bertz CT molecular complexity index is 590. The van der Waals surface area contributed by atoms with E-state index in [1.165, 1.54) is 0 Å². The van der Waals surface area contributed by atoms with Gasteiger partial charge in [0.15, 0.2) is 0 Å². The summed E-state index contributed by atoms with van der Waals surface area (Å²) < 4.78 is 29.4. The van der Waals surface area contributed by atoms with Gasteiger partial charge in [0.1, 0.15) is 4.90 Å². The fourth-order valence-electron chi connectivity index (χ4n) is 2.71. The molecule has 21 heavy (non-hydrogen) atoms. The smallest absolute Gasteiger partial charge is 0.246 e. The summed E-state index contributed by atoms with van der Waals surface area (Å²) in [6.45, 7) is 7.44. The Balaban J connectivity index is 2.37. The van der Waals surface area contributed by atoms with Crippen LogP contribution >= 0.6 is 0 Å². The number of aromatic nitrogens is 2. The molecule has 0 saturated heterocycles. The summed E-state index contributed by atoms with van der Waals surface area (Å²) in [5.74, 6) is 0. The van der Waals surface area contributed by atoms with Gasteiger partial charge >= 0.3 is 0 Å². The molecule has 1 aliphatic carbocycles. The molecule has 0 bridgehead atoms. The zero-order valence-electron chi connectivity index (χ0n) is 13.2. The van der Waals surface area contributed by atoms with Crippen molar-refractivity contribution in [2.24, 2.45) is 5.73 Å². The van der Waals surface area contributed by atoms with E-state index in [4.69, 9.17) is 5.73 Å². The van der Waals surface area contributed by atoms with Crippen LogP contribution in [0.1, 0.15) is 44.0 Å². The topological polar surface area (TPSA) is 81.2 Å². The maximum Gasteiger partial charge on any atom is 0.246 e. The lowest BCUT2D eigenvalue weighted by molar-refractivity contribution is 0.402. The molecule has 0 unspecified atom stereocenters. The van der Waals surface area contributed by atoms with Gasteiger partial charge in [-0.05, 0) is 46.1 Å². The highest BCUT2D eigenvalue weighted by molar-refractivity contribution is 7.89. The van der Waals surface area contributed by atoms with Crippen molar-refractivity contribution in [2.75, 3.05) is 13.1 Å². The van der Waals surface area contributed by atoms with Crippen molar-refractivity contribution < 1.29 is 8.42 Å². The van der Waals surface area contributed by atoms with Crippen molar-refractivity contribution in [3.8, 4) is 0 Å². The summed E-state index contributed by atoms with van der Waals surface area (Å²) in [4.78, 5) is 0.389. The van der Waals surface area contributed by atoms with Crippen LogP contribution in [0.15, 0.2) is 4.90 Å². The number of rotatable bonds is 8. The predicted molar refractivity (Wildman–Crippen MR) is 82.6 cm³/mol. The first-order chi connectivity index (χ1) is 9.93. The summed E-state index contributed by atoms with van der Waals surface area (Å²) in [5, 5.41) is 4.39. The second-order valence-electron chi connectivity index (χ2n) is 5.71. The van der Waals surface area contributed by atoms with Gasteiger partial charge in [-0.15, -0.1) is 0 Å². The fourth-order valence-corrected chi connectivity index (χ4v) is 4.87. The summed E-state index contributed by atoms with van der Waals surface area (Å²) in [6.07, 6.45) is 3.56. The van der Waals surface area contributed by atoms with Crippen LogP contribution in [-0.4, -0.2) is 41.6 Å². The van der Waals surface area contributed by atoms with Crippen LogP contribution in [0.3, 0.4) is 0 Å². The molecule has 0 aromatic carbocycles. The van der Waals surface area contributed by atoms with Gasteiger partial charge in [0, 0.05) is 19.1 Å². The maximum atomic E-state index is 13.0. The van der Waals surface area contributed by atoms with E-state index in [2.05, 4.69) is 5.10 Å². The molecule has 1 aromatic rings. The fraction of sp³-hybridized carbons (Fsp3) is 0.786. The second kappa shape index (κ2) is 6.46. The number of nitrogens with two attached hydrogens (primary N) is 1. The van der Waals surface area contributed by atoms with E-state index < -0.39 is 10.0 Å². The molecule has 1 saturated carbocycles. The lowest BCUT2D eigenvalue weighted by Crippen LogP contribution is -2.34. The monoisotopic (exact) mass is 314 g/mol. The van der Waals surface area contributed by atoms with Crippen LogP contribution in [0.25, 0.3) is 0 Å². The van der Waals surface area contributed by atoms with Crippen molar-refractivity contribution in [3.05, 3.63) is 11.4 Å². The van der Waals surface area contributed by atoms with Crippen LogP contribution in [-0.2, 0) is 16.6 Å². The molecular weight excluding hydrogens is 288 g/mol. The Labute approximate surface area is 127 Å². The van der Waals surface area contributed by atoms with Crippen LogP contribution < -0.4 is 5.73 Å². The molecule has 0 aliphatic heterocycles. The van der Waals surface area contributed by atoms with Gasteiger partial charge in [0.25, 0.3) is 0 Å². The van der Waals surface area contributed by atoms with Crippen molar-refractivity contribution in [1.82, 2.24) is 14.1 Å². The standard InChI is InChI=1S/C14H26N4O2S/c1-4-9-18(13-6-7-13)21(19,20)14-11(2)16-17(12(14)3)10-5-8-15/h13H,4-10,15H2,1-3H3. The van der Waals surface area contributed by atoms with E-state index in [1.807, 2.05) is 13.8 Å². The minimum absolute atomic E-state index is 0.182. The zero-order chi connectivity index (χ0) is 15.6. The minimum atomic E-state index is -3.45. The lowest BCUT2D eigenvalue weighted by Gasteiger charge is -2.21. The largest absolute Gasteiger partial charge is 0.330 e. The molecule has 7 heteroatoms. The molecule has 0 spiro atoms. The summed E-state index contributed by atoms with van der Waals surface area (Å²) in [6, 6.07) is 0.182. The molecule has 1 aromatic heterocycles. The predicted octanol–water partition coefficient (Wildman–Crippen LogP) is 1.41. The van der Waals surface area contributed by atoms with Crippen molar-refractivity contribution in [1.29, 1.82) is 0 Å². The highest BCUT2D eigenvalue weighted by atomic mass is 32.2. The summed E-state index contributed by atoms with van der Waals surface area (Å²) >= 11 is 0. The molecule has 1 aliphatic rings. The van der Waals surface area contributed by atoms with E-state index in [0.717, 1.165) is 31.4 Å². The van der Waals surface area contributed by atoms with Crippen LogP contribution in [0.5, 0.6) is 0 Å². The highest BCUT2D eigenvalue weighted by Crippen LogP contribution is 2.34. The first-order valence-electron chi connectivity index (χ1n) is 7.69. The van der Waals surface area contributed by atoms with Gasteiger partial charge in [-0.1, -0.05) is 6.92 Å². The molecule has 2 rings (SSSR count). The zero-order valence-corrected chi connectivity index (χ0v) is 14.0. The quantitative estimate of drug-likeness (QED) is 0.786. The van der Waals surface area contributed by atoms with Crippen molar-refractivity contribution >= 4 is 10.0 Å². The molecular formula is C14H26N4O2S. The number of hydrogen-bond donors (Lipinski definition) is 1. The van der Waals surface area contributed by atoms with E-state index in [-0.39, 0.29) is 6.04 Å². The molecule has 1 heterocycles. The van der Waals surface area contributed by atoms with Crippen LogP contribution in [0, 0.1) is 13.8 Å². The lowest BCUT2D eigenvalue weighted by atomic mass is 10.4. The van der Waals surface area contributed by atoms with Gasteiger partial charge in [0.2, 0.25) is 10.0 Å². The number of aryl methyl sites for hydroxylation is 2. The van der Waals surface area contributed by atoms with Gasteiger partial charge in [-0.3, -0.25) is 4.68 Å². The maximum absolute atomic E-state index is 13.0. The molecule has 0 atom stereocenters. The minimum Gasteiger partial charge on any atom is -0.330 e. The average Bonchev–Trinajstić information content (AvgIpc) is 3.20. The molecule has 2 N–H and O–H groups in total. The Kier molecular flexibility index (Phi) is 5.06. The second-order valence-corrected chi connectivity index (χ2v) is 7.54. The first kappa shape index (κ1) is 16.5. The Morgan fingerprint density at radius 3 is 2.57 bits per heavy atom. The van der Waals surface area contributed by atoms with Gasteiger partial charge in [0.05, 0.1) is 11.4 Å². The van der Waals surface area contributed by atoms with Gasteiger partial charge in [-0.25, -0.2) is 8.42 Å². The van der Waals surface area contributed by atoms with E-state index >= 15 is 0 Å². The number of sulfonamides is 1. The SMILES string of the molecule is CCCN(C1CC1)S(=O)(=O)c1c(C)nn(CCCN)c1C. The molecule has 0 radical (unpaired) electrons. The van der Waals surface area contributed by atoms with E-state index in [1.54, 1.807) is 15.9 Å². The first-order valence-corrected chi connectivity index (χ1v) is 9.13. The summed E-state index contributed by atoms with van der Waals surface area (Å²) in [7, 11) is -3.45. The molecule has 120 valence electrons. The molecule has 0 amide bonds. The van der Waals surface area contributed by atoms with Crippen molar-refractivity contribution in [3.63, 3.8) is 0 Å². The third-order valence-corrected chi connectivity index (χ3v) is 6.06. The number of nitrogens with zero attached hydrogens (tertiary/aromatic N) is 3. The highest BCUT2D eigenvalue weighted by Gasteiger charge is 2.39. The summed E-state index contributed by atoms with van der Waals surface area (Å²) in [5.41, 5.74) is 6.84. The Morgan fingerprint density at radius 1 is 1.38 bits per heavy atom. The molecule has 6 nitrogen and oxygen atoms in total. The van der Waals surface area contributed by atoms with Crippen LogP contribution in [0.2, 0.25) is 0 Å². The van der Waals surface area contributed by atoms with Crippen LogP contribution in [0.4, 0.5) is 0 Å². The number of hydrogen-bond acceptors (Lipinski definition) is 4. The normalized spacial score (nSPS) is 15.9. The van der Waals surface area contributed by atoms with E-state index in [9.17, 15) is 8.42 Å². The third-order valence-electron chi connectivity index (χ3n) is 3.85. The van der Waals surface area contributed by atoms with Gasteiger partial charge in [-0.2, -0.15) is 9.40 Å². The average molecular weight is 314 g/mol. The third kappa shape index (κ3) is 3.30.